The number of rotatable bonds is 64. The van der Waals surface area contributed by atoms with Crippen LogP contribution in [0.2, 0.25) is 0 Å². The van der Waals surface area contributed by atoms with E-state index in [2.05, 4.69) is 129 Å². The van der Waals surface area contributed by atoms with Crippen LogP contribution in [0, 0.1) is 0 Å². The maximum absolute atomic E-state index is 13.5. The van der Waals surface area contributed by atoms with Gasteiger partial charge in [-0.25, -0.2) is 0 Å². The van der Waals surface area contributed by atoms with Gasteiger partial charge in [-0.2, -0.15) is 0 Å². The van der Waals surface area contributed by atoms with Gasteiger partial charge >= 0.3 is 0 Å². The van der Waals surface area contributed by atoms with Crippen molar-refractivity contribution in [3.8, 4) is 0 Å². The molecule has 0 aliphatic carbocycles. The summed E-state index contributed by atoms with van der Waals surface area (Å²) in [6, 6.07) is -0.908. The number of unbranched alkanes of at least 4 members (excludes halogenated alkanes) is 30. The number of amides is 1. The molecule has 19 heteroatoms. The van der Waals surface area contributed by atoms with Gasteiger partial charge in [0.25, 0.3) is 0 Å². The van der Waals surface area contributed by atoms with Crippen LogP contribution < -0.4 is 5.32 Å². The summed E-state index contributed by atoms with van der Waals surface area (Å²) in [6.45, 7) is 1.69. The zero-order valence-electron chi connectivity index (χ0n) is 64.2. The summed E-state index contributed by atoms with van der Waals surface area (Å²) in [5.74, 6) is -0.263. The van der Waals surface area contributed by atoms with Gasteiger partial charge in [0.05, 0.1) is 38.6 Å². The first-order valence-corrected chi connectivity index (χ1v) is 41.1. The predicted octanol–water partition coefficient (Wildman–Crippen LogP) is 14.1. The normalized spacial score (nSPS) is 26.5. The fourth-order valence-electron chi connectivity index (χ4n) is 13.3. The fourth-order valence-corrected chi connectivity index (χ4v) is 13.3. The third-order valence-corrected chi connectivity index (χ3v) is 19.9. The molecule has 3 rings (SSSR count). The molecule has 600 valence electrons. The molecule has 0 aromatic heterocycles. The number of carbonyl (C=O) groups excluding carboxylic acids is 1. The van der Waals surface area contributed by atoms with E-state index in [-0.39, 0.29) is 18.9 Å². The van der Waals surface area contributed by atoms with Crippen molar-refractivity contribution in [2.75, 3.05) is 26.4 Å². The second-order valence-electron chi connectivity index (χ2n) is 28.9. The molecule has 3 saturated heterocycles. The zero-order valence-corrected chi connectivity index (χ0v) is 64.2. The molecular weight excluding hydrogens is 1320 g/mol. The van der Waals surface area contributed by atoms with E-state index < -0.39 is 124 Å². The Labute approximate surface area is 627 Å². The van der Waals surface area contributed by atoms with E-state index in [0.29, 0.717) is 12.8 Å². The molecule has 0 saturated carbocycles. The van der Waals surface area contributed by atoms with Gasteiger partial charge in [0, 0.05) is 6.42 Å². The first-order chi connectivity index (χ1) is 50.8. The molecule has 3 aliphatic heterocycles. The Bertz CT molecular complexity index is 2300. The molecule has 104 heavy (non-hydrogen) atoms. The van der Waals surface area contributed by atoms with E-state index >= 15 is 0 Å². The van der Waals surface area contributed by atoms with Gasteiger partial charge in [0.15, 0.2) is 18.9 Å². The number of hydrogen-bond acceptors (Lipinski definition) is 18. The molecule has 0 radical (unpaired) electrons. The van der Waals surface area contributed by atoms with Gasteiger partial charge in [-0.15, -0.1) is 0 Å². The van der Waals surface area contributed by atoms with E-state index in [9.17, 15) is 61.0 Å². The van der Waals surface area contributed by atoms with Gasteiger partial charge in [0.2, 0.25) is 5.91 Å². The lowest BCUT2D eigenvalue weighted by Gasteiger charge is -2.48. The number of hydrogen-bond donors (Lipinski definition) is 12. The maximum Gasteiger partial charge on any atom is 0.220 e. The Hall–Kier alpha value is -3.55. The summed E-state index contributed by atoms with van der Waals surface area (Å²) < 4.78 is 34.5. The first kappa shape index (κ1) is 94.7. The number of aliphatic hydroxyl groups excluding tert-OH is 11. The minimum absolute atomic E-state index is 0.237. The molecule has 17 unspecified atom stereocenters. The Morgan fingerprint density at radius 1 is 0.356 bits per heavy atom. The van der Waals surface area contributed by atoms with E-state index in [1.54, 1.807) is 0 Å². The Morgan fingerprint density at radius 3 is 1.04 bits per heavy atom. The van der Waals surface area contributed by atoms with Gasteiger partial charge in [0.1, 0.15) is 73.2 Å². The van der Waals surface area contributed by atoms with Crippen molar-refractivity contribution < 1.29 is 89.4 Å². The van der Waals surface area contributed by atoms with Crippen LogP contribution >= 0.6 is 0 Å². The molecule has 1 amide bonds. The smallest absolute Gasteiger partial charge is 0.220 e. The highest BCUT2D eigenvalue weighted by Gasteiger charge is 2.54. The quantitative estimate of drug-likeness (QED) is 0.0199. The molecule has 0 aromatic carbocycles. The zero-order chi connectivity index (χ0) is 75.3. The van der Waals surface area contributed by atoms with Crippen LogP contribution in [0.1, 0.15) is 290 Å². The van der Waals surface area contributed by atoms with Gasteiger partial charge in [-0.1, -0.05) is 309 Å². The van der Waals surface area contributed by atoms with E-state index in [1.807, 2.05) is 0 Å². The lowest BCUT2D eigenvalue weighted by molar-refractivity contribution is -0.379. The van der Waals surface area contributed by atoms with Crippen molar-refractivity contribution in [1.82, 2.24) is 5.32 Å². The van der Waals surface area contributed by atoms with Crippen molar-refractivity contribution in [3.05, 3.63) is 109 Å². The van der Waals surface area contributed by atoms with E-state index in [1.165, 1.54) is 141 Å². The minimum atomic E-state index is -1.98. The molecule has 19 nitrogen and oxygen atoms in total. The maximum atomic E-state index is 13.5. The molecule has 0 bridgehead atoms. The average molecular weight is 1470 g/mol. The number of ether oxygens (including phenoxy) is 6. The van der Waals surface area contributed by atoms with Crippen molar-refractivity contribution in [1.29, 1.82) is 0 Å². The van der Waals surface area contributed by atoms with Crippen molar-refractivity contribution in [3.63, 3.8) is 0 Å². The monoisotopic (exact) mass is 1470 g/mol. The van der Waals surface area contributed by atoms with Gasteiger partial charge in [-0.05, 0) is 83.5 Å². The molecule has 3 aliphatic rings. The SMILES string of the molecule is CC/C=C\C/C=C\C/C=C\C/C=C\C/C=C\C/C=C\C/C=C\C/C=C\C/C=C\CCCCCCCC(=O)NC(COC1OC(CO)C(OC2OC(CO)C(OC3OC(CO)C(O)C(O)C3O)C(O)C2O)C(O)C1O)C(O)CCCCCCCCCCCCCCCCCCCCCCCCCCCC. The topological polar surface area (TPSA) is 307 Å². The van der Waals surface area contributed by atoms with Crippen LogP contribution in [0.5, 0.6) is 0 Å². The van der Waals surface area contributed by atoms with Crippen molar-refractivity contribution >= 4 is 5.91 Å². The highest BCUT2D eigenvalue weighted by Crippen LogP contribution is 2.33. The van der Waals surface area contributed by atoms with Gasteiger partial charge in [-0.3, -0.25) is 4.79 Å². The fraction of sp³-hybridized carbons (Fsp3) is 0.776. The van der Waals surface area contributed by atoms with Crippen LogP contribution in [0.25, 0.3) is 0 Å². The number of carbonyl (C=O) groups is 1. The summed E-state index contributed by atoms with van der Waals surface area (Å²) >= 11 is 0. The van der Waals surface area contributed by atoms with Crippen LogP contribution in [0.4, 0.5) is 0 Å². The average Bonchev–Trinajstić information content (AvgIpc) is 0.783. The van der Waals surface area contributed by atoms with Crippen molar-refractivity contribution in [2.45, 2.75) is 394 Å². The molecular formula is C85H147NO18. The van der Waals surface area contributed by atoms with Crippen LogP contribution in [-0.2, 0) is 33.2 Å². The van der Waals surface area contributed by atoms with Crippen LogP contribution in [-0.4, -0.2) is 193 Å². The highest BCUT2D eigenvalue weighted by atomic mass is 16.8. The first-order valence-electron chi connectivity index (χ1n) is 41.1. The lowest BCUT2D eigenvalue weighted by Crippen LogP contribution is -2.66. The van der Waals surface area contributed by atoms with Gasteiger partial charge < -0.3 is 89.9 Å². The summed E-state index contributed by atoms with van der Waals surface area (Å²) in [4.78, 5) is 13.5. The number of nitrogens with one attached hydrogen (secondary N) is 1. The summed E-state index contributed by atoms with van der Waals surface area (Å²) in [5, 5.41) is 121. The molecule has 3 heterocycles. The standard InChI is InChI=1S/C85H147NO18/c1-3-5-7-9-11-13-15-17-19-21-23-25-27-29-31-32-33-34-35-36-37-39-41-43-45-47-49-51-53-55-57-59-61-63-73(91)86-68(69(90)62-60-58-56-54-52-50-48-46-44-42-40-38-30-28-26-24-22-20-18-16-14-12-10-8-6-4-2)67-99-83-79(97)76(94)81(71(65-88)101-83)104-85-80(98)77(95)82(72(66-89)102-85)103-84-78(96)75(93)74(92)70(64-87)100-84/h5,7,11,13,17,19,23,25,29,31,33-34,36-37,41,43,47,49,68-72,74-85,87-90,92-98H,3-4,6,8-10,12,14-16,18,20-22,24,26-28,30,32,35,38-40,42,44-46,48,50-67H2,1-2H3,(H,86,91)/b7-5-,13-11-,19-17-,25-23-,31-29-,34-33-,37-36-,43-41-,49-47-. The van der Waals surface area contributed by atoms with Crippen LogP contribution in [0.15, 0.2) is 109 Å². The molecule has 0 aromatic rings. The van der Waals surface area contributed by atoms with E-state index in [4.69, 9.17) is 28.4 Å². The molecule has 17 atom stereocenters. The Kier molecular flexibility index (Phi) is 58.5. The molecule has 12 N–H and O–H groups in total. The van der Waals surface area contributed by atoms with Crippen molar-refractivity contribution in [2.24, 2.45) is 0 Å². The summed E-state index contributed by atoms with van der Waals surface area (Å²) in [7, 11) is 0. The largest absolute Gasteiger partial charge is 0.394 e. The molecule has 0 spiro atoms. The Balaban J connectivity index is 1.38. The predicted molar refractivity (Wildman–Crippen MR) is 415 cm³/mol. The van der Waals surface area contributed by atoms with Crippen LogP contribution in [0.3, 0.4) is 0 Å². The second-order valence-corrected chi connectivity index (χ2v) is 28.9. The second kappa shape index (κ2) is 64.3. The number of allylic oxidation sites excluding steroid dienone is 18. The third-order valence-electron chi connectivity index (χ3n) is 19.9. The summed E-state index contributed by atoms with van der Waals surface area (Å²) in [5.41, 5.74) is 0. The highest BCUT2D eigenvalue weighted by molar-refractivity contribution is 5.76. The lowest BCUT2D eigenvalue weighted by atomic mass is 9.96. The molecule has 3 fully saturated rings. The minimum Gasteiger partial charge on any atom is -0.394 e. The number of aliphatic hydroxyl groups is 11. The Morgan fingerprint density at radius 2 is 0.663 bits per heavy atom. The third kappa shape index (κ3) is 43.6. The van der Waals surface area contributed by atoms with E-state index in [0.717, 1.165) is 116 Å². The summed E-state index contributed by atoms with van der Waals surface area (Å²) in [6.07, 6.45) is 61.6.